The van der Waals surface area contributed by atoms with Crippen LogP contribution in [-0.2, 0) is 6.18 Å². The van der Waals surface area contributed by atoms with E-state index in [1.54, 1.807) is 0 Å². The van der Waals surface area contributed by atoms with Gasteiger partial charge in [-0.3, -0.25) is 4.79 Å². The maximum absolute atomic E-state index is 12.9. The van der Waals surface area contributed by atoms with Crippen LogP contribution in [0.5, 0.6) is 0 Å². The van der Waals surface area contributed by atoms with Gasteiger partial charge in [-0.1, -0.05) is 21.0 Å². The fourth-order valence-corrected chi connectivity index (χ4v) is 1.96. The van der Waals surface area contributed by atoms with Gasteiger partial charge in [0.05, 0.1) is 11.1 Å². The second-order valence-corrected chi connectivity index (χ2v) is 5.02. The Balaban J connectivity index is 2.68. The largest absolute Gasteiger partial charge is 0.417 e. The summed E-state index contributed by atoms with van der Waals surface area (Å²) in [7, 11) is 0. The molecular formula is C12H12BrF3N4O. The van der Waals surface area contributed by atoms with Crippen LogP contribution >= 0.6 is 15.9 Å². The molecule has 114 valence electrons. The number of carbonyl (C=O) groups excluding carboxylic acids is 1. The van der Waals surface area contributed by atoms with Gasteiger partial charge in [0.15, 0.2) is 0 Å². The van der Waals surface area contributed by atoms with Crippen molar-refractivity contribution in [3.8, 4) is 0 Å². The van der Waals surface area contributed by atoms with Crippen LogP contribution < -0.4 is 5.32 Å². The predicted octanol–water partition coefficient (Wildman–Crippen LogP) is 4.29. The van der Waals surface area contributed by atoms with Crippen molar-refractivity contribution in [3.05, 3.63) is 44.2 Å². The molecule has 0 bridgehead atoms. The highest BCUT2D eigenvalue weighted by Crippen LogP contribution is 2.33. The third-order valence-electron chi connectivity index (χ3n) is 2.57. The Morgan fingerprint density at radius 2 is 2.10 bits per heavy atom. The molecular weight excluding hydrogens is 353 g/mol. The van der Waals surface area contributed by atoms with Crippen LogP contribution in [0.4, 0.5) is 13.2 Å². The minimum atomic E-state index is -4.60. The molecule has 1 amide bonds. The monoisotopic (exact) mass is 364 g/mol. The molecule has 0 heterocycles. The lowest BCUT2D eigenvalue weighted by molar-refractivity contribution is -0.138. The average molecular weight is 365 g/mol. The summed E-state index contributed by atoms with van der Waals surface area (Å²) in [4.78, 5) is 14.4. The molecule has 1 aromatic carbocycles. The number of azide groups is 1. The number of hydrogen-bond acceptors (Lipinski definition) is 2. The molecule has 0 saturated heterocycles. The number of carbonyl (C=O) groups is 1. The van der Waals surface area contributed by atoms with E-state index in [0.29, 0.717) is 19.4 Å². The minimum Gasteiger partial charge on any atom is -0.352 e. The van der Waals surface area contributed by atoms with E-state index in [-0.39, 0.29) is 11.0 Å². The summed E-state index contributed by atoms with van der Waals surface area (Å²) < 4.78 is 38.9. The summed E-state index contributed by atoms with van der Waals surface area (Å²) >= 11 is 2.95. The molecule has 1 aromatic rings. The first-order valence-electron chi connectivity index (χ1n) is 6.02. The van der Waals surface area contributed by atoms with E-state index in [4.69, 9.17) is 5.53 Å². The summed E-state index contributed by atoms with van der Waals surface area (Å²) in [6, 6.07) is 3.38. The number of hydrogen-bond donors (Lipinski definition) is 1. The zero-order valence-corrected chi connectivity index (χ0v) is 12.4. The van der Waals surface area contributed by atoms with Crippen molar-refractivity contribution < 1.29 is 18.0 Å². The minimum absolute atomic E-state index is 0.215. The summed E-state index contributed by atoms with van der Waals surface area (Å²) in [5.41, 5.74) is 6.67. The molecule has 0 radical (unpaired) electrons. The van der Waals surface area contributed by atoms with Crippen molar-refractivity contribution in [2.45, 2.75) is 19.0 Å². The van der Waals surface area contributed by atoms with E-state index in [2.05, 4.69) is 31.3 Å². The van der Waals surface area contributed by atoms with Crippen LogP contribution in [-0.4, -0.2) is 19.0 Å². The van der Waals surface area contributed by atoms with Gasteiger partial charge < -0.3 is 5.32 Å². The smallest absolute Gasteiger partial charge is 0.352 e. The van der Waals surface area contributed by atoms with Gasteiger partial charge in [0, 0.05) is 22.5 Å². The van der Waals surface area contributed by atoms with Crippen molar-refractivity contribution in [1.82, 2.24) is 5.32 Å². The second-order valence-electron chi connectivity index (χ2n) is 4.11. The molecule has 0 aliphatic rings. The van der Waals surface area contributed by atoms with Gasteiger partial charge in [-0.2, -0.15) is 13.2 Å². The fraction of sp³-hybridized carbons (Fsp3) is 0.417. The summed E-state index contributed by atoms with van der Waals surface area (Å²) in [5, 5.41) is 5.74. The van der Waals surface area contributed by atoms with Gasteiger partial charge in [0.25, 0.3) is 5.91 Å². The Morgan fingerprint density at radius 1 is 1.38 bits per heavy atom. The maximum atomic E-state index is 12.9. The second kappa shape index (κ2) is 7.90. The topological polar surface area (TPSA) is 77.9 Å². The van der Waals surface area contributed by atoms with Crippen LogP contribution in [0.3, 0.4) is 0 Å². The molecule has 0 aromatic heterocycles. The van der Waals surface area contributed by atoms with Crippen LogP contribution in [0.25, 0.3) is 10.4 Å². The highest BCUT2D eigenvalue weighted by molar-refractivity contribution is 9.10. The van der Waals surface area contributed by atoms with Crippen LogP contribution in [0, 0.1) is 0 Å². The molecule has 0 atom stereocenters. The van der Waals surface area contributed by atoms with E-state index < -0.39 is 23.2 Å². The molecule has 0 spiro atoms. The zero-order chi connectivity index (χ0) is 15.9. The van der Waals surface area contributed by atoms with Gasteiger partial charge in [0.1, 0.15) is 0 Å². The molecule has 0 unspecified atom stereocenters. The number of nitrogens with zero attached hydrogens (tertiary/aromatic N) is 3. The molecule has 0 aliphatic carbocycles. The summed E-state index contributed by atoms with van der Waals surface area (Å²) in [6.07, 6.45) is -3.53. The van der Waals surface area contributed by atoms with Crippen LogP contribution in [0.1, 0.15) is 28.8 Å². The van der Waals surface area contributed by atoms with Gasteiger partial charge in [-0.05, 0) is 36.6 Å². The molecule has 21 heavy (non-hydrogen) atoms. The quantitative estimate of drug-likeness (QED) is 0.347. The molecule has 1 rings (SSSR count). The number of halogens is 4. The average Bonchev–Trinajstić information content (AvgIpc) is 2.41. The molecule has 9 heteroatoms. The van der Waals surface area contributed by atoms with Gasteiger partial charge >= 0.3 is 6.18 Å². The van der Waals surface area contributed by atoms with E-state index in [9.17, 15) is 18.0 Å². The first-order chi connectivity index (χ1) is 9.86. The number of nitrogens with one attached hydrogen (secondary N) is 1. The van der Waals surface area contributed by atoms with E-state index in [1.165, 1.54) is 6.07 Å². The maximum Gasteiger partial charge on any atom is 0.417 e. The number of benzene rings is 1. The zero-order valence-electron chi connectivity index (χ0n) is 10.8. The van der Waals surface area contributed by atoms with Crippen molar-refractivity contribution >= 4 is 21.8 Å². The van der Waals surface area contributed by atoms with Crippen LogP contribution in [0.2, 0.25) is 0 Å². The third-order valence-corrected chi connectivity index (χ3v) is 3.06. The molecule has 1 N–H and O–H groups in total. The Labute approximate surface area is 127 Å². The lowest BCUT2D eigenvalue weighted by Crippen LogP contribution is -2.27. The van der Waals surface area contributed by atoms with Crippen molar-refractivity contribution in [2.24, 2.45) is 5.11 Å². The van der Waals surface area contributed by atoms with Crippen LogP contribution in [0.15, 0.2) is 27.8 Å². The first-order valence-corrected chi connectivity index (χ1v) is 6.81. The van der Waals surface area contributed by atoms with E-state index in [0.717, 1.165) is 12.1 Å². The lowest BCUT2D eigenvalue weighted by atomic mass is 10.1. The molecule has 0 aliphatic heterocycles. The molecule has 0 saturated carbocycles. The Morgan fingerprint density at radius 3 is 2.71 bits per heavy atom. The number of alkyl halides is 3. The van der Waals surface area contributed by atoms with Crippen molar-refractivity contribution in [3.63, 3.8) is 0 Å². The highest BCUT2D eigenvalue weighted by Gasteiger charge is 2.35. The van der Waals surface area contributed by atoms with Gasteiger partial charge in [-0.25, -0.2) is 0 Å². The Hall–Kier alpha value is -1.73. The van der Waals surface area contributed by atoms with E-state index >= 15 is 0 Å². The van der Waals surface area contributed by atoms with Gasteiger partial charge in [-0.15, -0.1) is 0 Å². The molecule has 5 nitrogen and oxygen atoms in total. The van der Waals surface area contributed by atoms with Gasteiger partial charge in [0.2, 0.25) is 0 Å². The standard InChI is InChI=1S/C12H12BrF3N4O/c13-8-3-4-9(10(7-8)12(14,15)16)11(21)18-5-1-2-6-19-20-17/h3-4,7H,1-2,5-6H2,(H,18,21). The first kappa shape index (κ1) is 17.3. The third kappa shape index (κ3) is 5.65. The SMILES string of the molecule is [N-]=[N+]=NCCCCNC(=O)c1ccc(Br)cc1C(F)(F)F. The Bertz CT molecular complexity index is 556. The lowest BCUT2D eigenvalue weighted by Gasteiger charge is -2.13. The number of rotatable bonds is 6. The Kier molecular flexibility index (Phi) is 6.51. The highest BCUT2D eigenvalue weighted by atomic mass is 79.9. The molecule has 0 fully saturated rings. The summed E-state index contributed by atoms with van der Waals surface area (Å²) in [5.74, 6) is -0.779. The van der Waals surface area contributed by atoms with E-state index in [1.807, 2.05) is 0 Å². The summed E-state index contributed by atoms with van der Waals surface area (Å²) in [6.45, 7) is 0.506. The number of unbranched alkanes of at least 4 members (excludes halogenated alkanes) is 1. The number of amides is 1. The predicted molar refractivity (Wildman–Crippen MR) is 74.7 cm³/mol. The van der Waals surface area contributed by atoms with Crippen molar-refractivity contribution in [2.75, 3.05) is 13.1 Å². The normalized spacial score (nSPS) is 10.9. The fourth-order valence-electron chi connectivity index (χ4n) is 1.60. The van der Waals surface area contributed by atoms with Crippen molar-refractivity contribution in [1.29, 1.82) is 0 Å².